The molecule has 2 aromatic rings. The summed E-state index contributed by atoms with van der Waals surface area (Å²) in [6.45, 7) is 1.81. The quantitative estimate of drug-likeness (QED) is 0.524. The highest BCUT2D eigenvalue weighted by Gasteiger charge is 2.38. The van der Waals surface area contributed by atoms with Crippen molar-refractivity contribution in [1.82, 2.24) is 0 Å². The van der Waals surface area contributed by atoms with Gasteiger partial charge in [-0.05, 0) is 48.9 Å². The minimum Gasteiger partial charge on any atom is -0.465 e. The van der Waals surface area contributed by atoms with Crippen molar-refractivity contribution < 1.29 is 23.8 Å². The monoisotopic (exact) mass is 431 g/mol. The fraction of sp³-hybridized carbons (Fsp3) is 0.143. The highest BCUT2D eigenvalue weighted by molar-refractivity contribution is 6.35. The fourth-order valence-corrected chi connectivity index (χ4v) is 3.84. The van der Waals surface area contributed by atoms with Crippen LogP contribution in [0.5, 0.6) is 11.5 Å². The standard InChI is InChI=1S/C21H15Cl2NO5/c1-11-19(21(26)27-2)16(5-12-3-4-17-18(6-12)29-10-28-17)20(25)24(11)15-8-13(22)7-14(23)9-15/h3-9H,10H2,1-2H3/b16-5-. The Morgan fingerprint density at radius 1 is 1.10 bits per heavy atom. The van der Waals surface area contributed by atoms with E-state index in [0.29, 0.717) is 38.5 Å². The van der Waals surface area contributed by atoms with E-state index in [0.717, 1.165) is 0 Å². The average molecular weight is 432 g/mol. The zero-order chi connectivity index (χ0) is 20.7. The molecule has 4 rings (SSSR count). The number of methoxy groups -OCH3 is 1. The van der Waals surface area contributed by atoms with Crippen LogP contribution in [-0.2, 0) is 14.3 Å². The lowest BCUT2D eigenvalue weighted by molar-refractivity contribution is -0.136. The van der Waals surface area contributed by atoms with Crippen molar-refractivity contribution in [3.8, 4) is 11.5 Å². The summed E-state index contributed by atoms with van der Waals surface area (Å²) in [5.41, 5.74) is 1.93. The van der Waals surface area contributed by atoms with E-state index in [2.05, 4.69) is 0 Å². The van der Waals surface area contributed by atoms with Crippen LogP contribution < -0.4 is 14.4 Å². The van der Waals surface area contributed by atoms with E-state index < -0.39 is 5.97 Å². The number of nitrogens with zero attached hydrogens (tertiary/aromatic N) is 1. The number of anilines is 1. The maximum Gasteiger partial charge on any atom is 0.340 e. The summed E-state index contributed by atoms with van der Waals surface area (Å²) in [6, 6.07) is 10.0. The van der Waals surface area contributed by atoms with E-state index in [-0.39, 0.29) is 23.8 Å². The molecule has 2 aliphatic heterocycles. The van der Waals surface area contributed by atoms with Gasteiger partial charge in [0.2, 0.25) is 6.79 Å². The molecule has 0 N–H and O–H groups in total. The van der Waals surface area contributed by atoms with E-state index in [1.54, 1.807) is 49.4 Å². The predicted octanol–water partition coefficient (Wildman–Crippen LogP) is 4.60. The van der Waals surface area contributed by atoms with E-state index in [4.69, 9.17) is 37.4 Å². The van der Waals surface area contributed by atoms with Crippen molar-refractivity contribution in [1.29, 1.82) is 0 Å². The normalized spacial score (nSPS) is 16.8. The van der Waals surface area contributed by atoms with Gasteiger partial charge in [-0.1, -0.05) is 29.3 Å². The molecule has 148 valence electrons. The lowest BCUT2D eigenvalue weighted by Gasteiger charge is -2.18. The number of hydrogen-bond donors (Lipinski definition) is 0. The lowest BCUT2D eigenvalue weighted by Crippen LogP contribution is -2.24. The zero-order valence-electron chi connectivity index (χ0n) is 15.5. The van der Waals surface area contributed by atoms with Crippen molar-refractivity contribution in [3.63, 3.8) is 0 Å². The number of halogens is 2. The molecule has 0 saturated heterocycles. The third-order valence-electron chi connectivity index (χ3n) is 4.60. The van der Waals surface area contributed by atoms with Gasteiger partial charge in [-0.15, -0.1) is 0 Å². The third-order valence-corrected chi connectivity index (χ3v) is 5.04. The van der Waals surface area contributed by atoms with Crippen molar-refractivity contribution in [2.45, 2.75) is 6.92 Å². The summed E-state index contributed by atoms with van der Waals surface area (Å²) in [6.07, 6.45) is 1.62. The van der Waals surface area contributed by atoms with Crippen molar-refractivity contribution in [3.05, 3.63) is 68.9 Å². The summed E-state index contributed by atoms with van der Waals surface area (Å²) in [5.74, 6) is 0.195. The number of benzene rings is 2. The maximum absolute atomic E-state index is 13.3. The SMILES string of the molecule is COC(=O)C1=C(C)N(c2cc(Cl)cc(Cl)c2)C(=O)/C1=C\c1ccc2c(c1)OCO2. The van der Waals surface area contributed by atoms with E-state index in [1.165, 1.54) is 12.0 Å². The Morgan fingerprint density at radius 2 is 1.79 bits per heavy atom. The highest BCUT2D eigenvalue weighted by atomic mass is 35.5. The topological polar surface area (TPSA) is 65.1 Å². The Balaban J connectivity index is 1.83. The number of allylic oxidation sites excluding steroid dienone is 1. The molecule has 0 radical (unpaired) electrons. The second kappa shape index (κ2) is 7.46. The van der Waals surface area contributed by atoms with Gasteiger partial charge in [-0.2, -0.15) is 0 Å². The van der Waals surface area contributed by atoms with Crippen LogP contribution in [0, 0.1) is 0 Å². The highest BCUT2D eigenvalue weighted by Crippen LogP contribution is 2.39. The Bertz CT molecular complexity index is 1090. The van der Waals surface area contributed by atoms with E-state index in [9.17, 15) is 9.59 Å². The first-order chi connectivity index (χ1) is 13.9. The molecule has 8 heteroatoms. The molecule has 0 aliphatic carbocycles. The first-order valence-electron chi connectivity index (χ1n) is 8.60. The Labute approximate surface area is 176 Å². The molecule has 2 heterocycles. The van der Waals surface area contributed by atoms with Crippen LogP contribution >= 0.6 is 23.2 Å². The van der Waals surface area contributed by atoms with Crippen LogP contribution in [0.15, 0.2) is 53.2 Å². The number of carbonyl (C=O) groups excluding carboxylic acids is 2. The Hall–Kier alpha value is -2.96. The second-order valence-corrected chi connectivity index (χ2v) is 7.26. The molecule has 6 nitrogen and oxygen atoms in total. The molecular formula is C21H15Cl2NO5. The van der Waals surface area contributed by atoms with Gasteiger partial charge in [0.25, 0.3) is 5.91 Å². The molecule has 0 spiro atoms. The van der Waals surface area contributed by atoms with Crippen molar-refractivity contribution in [2.24, 2.45) is 0 Å². The zero-order valence-corrected chi connectivity index (χ0v) is 17.0. The second-order valence-electron chi connectivity index (χ2n) is 6.39. The number of ether oxygens (including phenoxy) is 3. The van der Waals surface area contributed by atoms with Gasteiger partial charge in [0.15, 0.2) is 11.5 Å². The van der Waals surface area contributed by atoms with Crippen molar-refractivity contribution in [2.75, 3.05) is 18.8 Å². The minimum atomic E-state index is -0.613. The molecule has 0 bridgehead atoms. The number of esters is 1. The molecule has 0 aromatic heterocycles. The van der Waals surface area contributed by atoms with Crippen LogP contribution in [0.4, 0.5) is 5.69 Å². The molecule has 2 aliphatic rings. The summed E-state index contributed by atoms with van der Waals surface area (Å²) < 4.78 is 15.6. The molecule has 29 heavy (non-hydrogen) atoms. The number of fused-ring (bicyclic) bond motifs is 1. The molecule has 0 fully saturated rings. The van der Waals surface area contributed by atoms with Gasteiger partial charge < -0.3 is 14.2 Å². The van der Waals surface area contributed by atoms with Gasteiger partial charge in [0.05, 0.1) is 23.9 Å². The van der Waals surface area contributed by atoms with E-state index in [1.807, 2.05) is 0 Å². The fourth-order valence-electron chi connectivity index (χ4n) is 3.33. The van der Waals surface area contributed by atoms with Crippen LogP contribution in [0.1, 0.15) is 12.5 Å². The summed E-state index contributed by atoms with van der Waals surface area (Å²) >= 11 is 12.2. The van der Waals surface area contributed by atoms with Crippen LogP contribution in [0.3, 0.4) is 0 Å². The molecule has 0 saturated carbocycles. The average Bonchev–Trinajstić information content (AvgIpc) is 3.23. The van der Waals surface area contributed by atoms with Crippen LogP contribution in [-0.4, -0.2) is 25.8 Å². The number of rotatable bonds is 3. The lowest BCUT2D eigenvalue weighted by atomic mass is 10.0. The van der Waals surface area contributed by atoms with Gasteiger partial charge in [-0.25, -0.2) is 4.79 Å². The van der Waals surface area contributed by atoms with Gasteiger partial charge in [-0.3, -0.25) is 9.69 Å². The van der Waals surface area contributed by atoms with Crippen LogP contribution in [0.25, 0.3) is 6.08 Å². The minimum absolute atomic E-state index is 0.143. The molecule has 2 aromatic carbocycles. The van der Waals surface area contributed by atoms with Gasteiger partial charge >= 0.3 is 5.97 Å². The number of amides is 1. The Morgan fingerprint density at radius 3 is 2.48 bits per heavy atom. The number of carbonyl (C=O) groups is 2. The summed E-state index contributed by atoms with van der Waals surface area (Å²) in [7, 11) is 1.27. The smallest absolute Gasteiger partial charge is 0.340 e. The first kappa shape index (κ1) is 19.4. The maximum atomic E-state index is 13.3. The van der Waals surface area contributed by atoms with Crippen LogP contribution in [0.2, 0.25) is 10.0 Å². The summed E-state index contributed by atoms with van der Waals surface area (Å²) in [4.78, 5) is 27.1. The molecule has 0 atom stereocenters. The number of hydrogen-bond acceptors (Lipinski definition) is 5. The molecule has 0 unspecified atom stereocenters. The van der Waals surface area contributed by atoms with Gasteiger partial charge in [0, 0.05) is 15.7 Å². The molecular weight excluding hydrogens is 417 g/mol. The van der Waals surface area contributed by atoms with Crippen molar-refractivity contribution >= 4 is 46.8 Å². The third kappa shape index (κ3) is 3.45. The predicted molar refractivity (Wildman–Crippen MR) is 109 cm³/mol. The molecule has 1 amide bonds. The van der Waals surface area contributed by atoms with E-state index >= 15 is 0 Å². The largest absolute Gasteiger partial charge is 0.465 e. The van der Waals surface area contributed by atoms with Gasteiger partial charge in [0.1, 0.15) is 0 Å². The Kier molecular flexibility index (Phi) is 4.98. The first-order valence-corrected chi connectivity index (χ1v) is 9.36. The summed E-state index contributed by atoms with van der Waals surface area (Å²) in [5, 5.41) is 0.752.